The molecular weight excluding hydrogens is 286 g/mol. The molecule has 0 aromatic heterocycles. The summed E-state index contributed by atoms with van der Waals surface area (Å²) in [5, 5.41) is 2.82. The lowest BCUT2D eigenvalue weighted by Crippen LogP contribution is -2.07. The molecule has 0 radical (unpaired) electrons. The molecule has 0 atom stereocenters. The molecule has 0 unspecified atom stereocenters. The van der Waals surface area contributed by atoms with Crippen LogP contribution in [0.5, 0.6) is 5.75 Å². The number of carbonyl (C=O) groups excluding carboxylic acids is 1. The summed E-state index contributed by atoms with van der Waals surface area (Å²) in [6, 6.07) is 15.5. The molecule has 1 amide bonds. The number of benzene rings is 2. The first-order valence-corrected chi connectivity index (χ1v) is 7.79. The smallest absolute Gasteiger partial charge is 0.248 e. The van der Waals surface area contributed by atoms with Crippen LogP contribution in [0, 0.1) is 5.92 Å². The Hall–Kier alpha value is -2.55. The number of anilines is 1. The molecular formula is C20H23NO2. The third-order valence-electron chi connectivity index (χ3n) is 3.41. The summed E-state index contributed by atoms with van der Waals surface area (Å²) in [6.45, 7) is 4.41. The minimum absolute atomic E-state index is 0.151. The molecule has 2 aromatic rings. The number of hydrogen-bond acceptors (Lipinski definition) is 2. The fourth-order valence-corrected chi connectivity index (χ4v) is 2.27. The Morgan fingerprint density at radius 3 is 2.30 bits per heavy atom. The van der Waals surface area contributed by atoms with Gasteiger partial charge in [-0.15, -0.1) is 0 Å². The maximum Gasteiger partial charge on any atom is 0.248 e. The molecule has 1 N–H and O–H groups in total. The number of amides is 1. The van der Waals surface area contributed by atoms with Gasteiger partial charge in [-0.2, -0.15) is 0 Å². The molecule has 0 saturated heterocycles. The van der Waals surface area contributed by atoms with Crippen molar-refractivity contribution in [1.29, 1.82) is 0 Å². The highest BCUT2D eigenvalue weighted by Crippen LogP contribution is 2.15. The van der Waals surface area contributed by atoms with Crippen LogP contribution in [0.1, 0.15) is 25.0 Å². The van der Waals surface area contributed by atoms with Crippen LogP contribution >= 0.6 is 0 Å². The lowest BCUT2D eigenvalue weighted by Gasteiger charge is -2.05. The Morgan fingerprint density at radius 2 is 1.74 bits per heavy atom. The molecule has 0 aliphatic rings. The summed E-state index contributed by atoms with van der Waals surface area (Å²) < 4.78 is 5.09. The average Bonchev–Trinajstić information content (AvgIpc) is 2.54. The lowest BCUT2D eigenvalue weighted by atomic mass is 10.0. The van der Waals surface area contributed by atoms with Crippen LogP contribution in [0.25, 0.3) is 6.08 Å². The van der Waals surface area contributed by atoms with Crippen molar-refractivity contribution in [2.75, 3.05) is 12.4 Å². The van der Waals surface area contributed by atoms with E-state index in [1.165, 1.54) is 5.56 Å². The van der Waals surface area contributed by atoms with Gasteiger partial charge in [-0.1, -0.05) is 38.1 Å². The van der Waals surface area contributed by atoms with Gasteiger partial charge in [0.1, 0.15) is 5.75 Å². The fraction of sp³-hybridized carbons (Fsp3) is 0.250. The maximum atomic E-state index is 11.9. The molecule has 2 aromatic carbocycles. The van der Waals surface area contributed by atoms with Crippen LogP contribution in [0.4, 0.5) is 5.69 Å². The highest BCUT2D eigenvalue weighted by molar-refractivity contribution is 6.01. The predicted octanol–water partition coefficient (Wildman–Crippen LogP) is 4.55. The molecule has 0 fully saturated rings. The molecule has 23 heavy (non-hydrogen) atoms. The van der Waals surface area contributed by atoms with Gasteiger partial charge in [0.25, 0.3) is 0 Å². The number of rotatable bonds is 6. The molecule has 3 heteroatoms. The Kier molecular flexibility index (Phi) is 5.98. The van der Waals surface area contributed by atoms with E-state index in [1.807, 2.05) is 42.5 Å². The number of nitrogens with one attached hydrogen (secondary N) is 1. The van der Waals surface area contributed by atoms with E-state index in [9.17, 15) is 4.79 Å². The van der Waals surface area contributed by atoms with Crippen LogP contribution < -0.4 is 10.1 Å². The molecule has 120 valence electrons. The largest absolute Gasteiger partial charge is 0.497 e. The van der Waals surface area contributed by atoms with E-state index in [2.05, 4.69) is 31.3 Å². The topological polar surface area (TPSA) is 38.3 Å². The number of carbonyl (C=O) groups is 1. The zero-order valence-corrected chi connectivity index (χ0v) is 13.9. The maximum absolute atomic E-state index is 11.9. The van der Waals surface area contributed by atoms with Crippen molar-refractivity contribution in [2.45, 2.75) is 20.3 Å². The van der Waals surface area contributed by atoms with Gasteiger partial charge < -0.3 is 10.1 Å². The van der Waals surface area contributed by atoms with E-state index in [4.69, 9.17) is 4.74 Å². The second kappa shape index (κ2) is 8.18. The van der Waals surface area contributed by atoms with Crippen LogP contribution in [-0.4, -0.2) is 13.0 Å². The van der Waals surface area contributed by atoms with Crippen LogP contribution in [0.2, 0.25) is 0 Å². The van der Waals surface area contributed by atoms with Crippen LogP contribution in [-0.2, 0) is 11.2 Å². The fourth-order valence-electron chi connectivity index (χ4n) is 2.27. The summed E-state index contributed by atoms with van der Waals surface area (Å²) in [5.74, 6) is 1.26. The Bertz CT molecular complexity index is 655. The number of hydrogen-bond donors (Lipinski definition) is 1. The average molecular weight is 309 g/mol. The SMILES string of the molecule is COc1ccc(NC(=O)C=Cc2ccc(CC(C)C)cc2)cc1. The third kappa shape index (κ3) is 5.62. The lowest BCUT2D eigenvalue weighted by molar-refractivity contribution is -0.111. The molecule has 0 bridgehead atoms. The van der Waals surface area contributed by atoms with Gasteiger partial charge in [0, 0.05) is 11.8 Å². The zero-order chi connectivity index (χ0) is 16.7. The van der Waals surface area contributed by atoms with Crippen molar-refractivity contribution in [1.82, 2.24) is 0 Å². The highest BCUT2D eigenvalue weighted by Gasteiger charge is 2.00. The quantitative estimate of drug-likeness (QED) is 0.795. The van der Waals surface area contributed by atoms with Crippen molar-refractivity contribution in [2.24, 2.45) is 5.92 Å². The van der Waals surface area contributed by atoms with E-state index < -0.39 is 0 Å². The Labute approximate surface area is 138 Å². The van der Waals surface area contributed by atoms with Gasteiger partial charge in [-0.3, -0.25) is 4.79 Å². The van der Waals surface area contributed by atoms with Crippen LogP contribution in [0.3, 0.4) is 0 Å². The summed E-state index contributed by atoms with van der Waals surface area (Å²) in [7, 11) is 1.61. The second-order valence-corrected chi connectivity index (χ2v) is 5.89. The molecule has 0 spiro atoms. The molecule has 2 rings (SSSR count). The minimum atomic E-state index is -0.151. The summed E-state index contributed by atoms with van der Waals surface area (Å²) >= 11 is 0. The van der Waals surface area contributed by atoms with E-state index in [0.717, 1.165) is 23.4 Å². The first kappa shape index (κ1) is 16.8. The predicted molar refractivity (Wildman–Crippen MR) is 95.6 cm³/mol. The molecule has 0 heterocycles. The summed E-state index contributed by atoms with van der Waals surface area (Å²) in [4.78, 5) is 11.9. The first-order chi connectivity index (χ1) is 11.1. The number of methoxy groups -OCH3 is 1. The summed E-state index contributed by atoms with van der Waals surface area (Å²) in [5.41, 5.74) is 3.08. The molecule has 0 saturated carbocycles. The minimum Gasteiger partial charge on any atom is -0.497 e. The van der Waals surface area contributed by atoms with Crippen molar-refractivity contribution in [3.05, 3.63) is 65.7 Å². The molecule has 3 nitrogen and oxygen atoms in total. The Balaban J connectivity index is 1.92. The van der Waals surface area contributed by atoms with Crippen molar-refractivity contribution in [3.63, 3.8) is 0 Å². The number of ether oxygens (including phenoxy) is 1. The molecule has 0 aliphatic carbocycles. The van der Waals surface area contributed by atoms with Gasteiger partial charge >= 0.3 is 0 Å². The highest BCUT2D eigenvalue weighted by atomic mass is 16.5. The van der Waals surface area contributed by atoms with Crippen molar-refractivity contribution >= 4 is 17.7 Å². The third-order valence-corrected chi connectivity index (χ3v) is 3.41. The van der Waals surface area contributed by atoms with E-state index in [1.54, 1.807) is 13.2 Å². The molecule has 0 aliphatic heterocycles. The standard InChI is InChI=1S/C20H23NO2/c1-15(2)14-17-6-4-16(5-7-17)8-13-20(22)21-18-9-11-19(23-3)12-10-18/h4-13,15H,14H2,1-3H3,(H,21,22). The summed E-state index contributed by atoms with van der Waals surface area (Å²) in [6.07, 6.45) is 4.43. The van der Waals surface area contributed by atoms with E-state index in [0.29, 0.717) is 5.92 Å². The normalized spacial score (nSPS) is 11.0. The van der Waals surface area contributed by atoms with Crippen molar-refractivity contribution in [3.8, 4) is 5.75 Å². The second-order valence-electron chi connectivity index (χ2n) is 5.89. The van der Waals surface area contributed by atoms with Gasteiger partial charge in [0.15, 0.2) is 0 Å². The van der Waals surface area contributed by atoms with Gasteiger partial charge in [0.2, 0.25) is 5.91 Å². The van der Waals surface area contributed by atoms with E-state index in [-0.39, 0.29) is 5.91 Å². The van der Waals surface area contributed by atoms with Crippen LogP contribution in [0.15, 0.2) is 54.6 Å². The Morgan fingerprint density at radius 1 is 1.09 bits per heavy atom. The first-order valence-electron chi connectivity index (χ1n) is 7.79. The van der Waals surface area contributed by atoms with Gasteiger partial charge in [-0.05, 0) is 53.8 Å². The monoisotopic (exact) mass is 309 g/mol. The van der Waals surface area contributed by atoms with Gasteiger partial charge in [-0.25, -0.2) is 0 Å². The zero-order valence-electron chi connectivity index (χ0n) is 13.9. The van der Waals surface area contributed by atoms with Gasteiger partial charge in [0.05, 0.1) is 7.11 Å². The van der Waals surface area contributed by atoms with Crippen molar-refractivity contribution < 1.29 is 9.53 Å². The van der Waals surface area contributed by atoms with E-state index >= 15 is 0 Å².